The van der Waals surface area contributed by atoms with E-state index in [1.165, 1.54) is 0 Å². The predicted octanol–water partition coefficient (Wildman–Crippen LogP) is 1.40. The van der Waals surface area contributed by atoms with Crippen LogP contribution < -0.4 is 11.1 Å². The van der Waals surface area contributed by atoms with Crippen LogP contribution in [0.5, 0.6) is 0 Å². The summed E-state index contributed by atoms with van der Waals surface area (Å²) in [6.45, 7) is 11.1. The quantitative estimate of drug-likeness (QED) is 0.779. The van der Waals surface area contributed by atoms with Crippen LogP contribution in [-0.4, -0.2) is 43.4 Å². The van der Waals surface area contributed by atoms with Crippen LogP contribution in [0, 0.1) is 10.8 Å². The molecule has 0 rings (SSSR count). The Bertz CT molecular complexity index is 325. The number of hydrogen-bond acceptors (Lipinski definition) is 3. The SMILES string of the molecule is CN(CC(C)(C)CN)C(=O)CCNC(=O)C(C)(C)C.Cl. The lowest BCUT2D eigenvalue weighted by Crippen LogP contribution is -2.41. The summed E-state index contributed by atoms with van der Waals surface area (Å²) in [6, 6.07) is 0. The van der Waals surface area contributed by atoms with Crippen LogP contribution in [-0.2, 0) is 9.59 Å². The summed E-state index contributed by atoms with van der Waals surface area (Å²) in [5.41, 5.74) is 5.14. The van der Waals surface area contributed by atoms with Gasteiger partial charge in [0, 0.05) is 32.0 Å². The largest absolute Gasteiger partial charge is 0.355 e. The molecule has 0 heterocycles. The molecule has 0 aromatic carbocycles. The molecule has 0 saturated heterocycles. The van der Waals surface area contributed by atoms with Gasteiger partial charge in [0.1, 0.15) is 0 Å². The van der Waals surface area contributed by atoms with E-state index in [-0.39, 0.29) is 29.6 Å². The minimum absolute atomic E-state index is 0. The van der Waals surface area contributed by atoms with Gasteiger partial charge in [0.2, 0.25) is 11.8 Å². The Morgan fingerprint density at radius 2 is 1.65 bits per heavy atom. The number of nitrogens with zero attached hydrogens (tertiary/aromatic N) is 1. The second-order valence-corrected chi connectivity index (χ2v) is 6.87. The highest BCUT2D eigenvalue weighted by Gasteiger charge is 2.23. The number of nitrogens with two attached hydrogens (primary N) is 1. The van der Waals surface area contributed by atoms with Gasteiger partial charge in [-0.15, -0.1) is 12.4 Å². The fourth-order valence-electron chi connectivity index (χ4n) is 1.53. The van der Waals surface area contributed by atoms with Crippen molar-refractivity contribution in [1.29, 1.82) is 0 Å². The van der Waals surface area contributed by atoms with Crippen LogP contribution in [0.15, 0.2) is 0 Å². The molecule has 0 aromatic heterocycles. The molecule has 0 atom stereocenters. The smallest absolute Gasteiger partial charge is 0.225 e. The molecule has 6 heteroatoms. The summed E-state index contributed by atoms with van der Waals surface area (Å²) in [7, 11) is 1.77. The van der Waals surface area contributed by atoms with Crippen molar-refractivity contribution in [2.45, 2.75) is 41.0 Å². The molecule has 0 radical (unpaired) electrons. The van der Waals surface area contributed by atoms with E-state index >= 15 is 0 Å². The molecule has 0 aromatic rings. The van der Waals surface area contributed by atoms with Gasteiger partial charge in [0.15, 0.2) is 0 Å². The van der Waals surface area contributed by atoms with Crippen molar-refractivity contribution in [2.24, 2.45) is 16.6 Å². The molecule has 0 bridgehead atoms. The molecule has 3 N–H and O–H groups in total. The predicted molar refractivity (Wildman–Crippen MR) is 84.8 cm³/mol. The van der Waals surface area contributed by atoms with E-state index in [9.17, 15) is 9.59 Å². The Balaban J connectivity index is 0. The van der Waals surface area contributed by atoms with E-state index in [1.54, 1.807) is 11.9 Å². The van der Waals surface area contributed by atoms with Crippen molar-refractivity contribution < 1.29 is 9.59 Å². The molecule has 0 fully saturated rings. The van der Waals surface area contributed by atoms with E-state index < -0.39 is 5.41 Å². The van der Waals surface area contributed by atoms with Crippen molar-refractivity contribution >= 4 is 24.2 Å². The lowest BCUT2D eigenvalue weighted by Gasteiger charge is -2.29. The third-order valence-electron chi connectivity index (χ3n) is 2.95. The Morgan fingerprint density at radius 3 is 2.05 bits per heavy atom. The molecule has 0 saturated carbocycles. The monoisotopic (exact) mass is 307 g/mol. The highest BCUT2D eigenvalue weighted by atomic mass is 35.5. The lowest BCUT2D eigenvalue weighted by molar-refractivity contribution is -0.131. The maximum absolute atomic E-state index is 11.9. The van der Waals surface area contributed by atoms with Gasteiger partial charge in [-0.1, -0.05) is 34.6 Å². The van der Waals surface area contributed by atoms with Crippen LogP contribution in [0.3, 0.4) is 0 Å². The zero-order valence-electron chi connectivity index (χ0n) is 13.6. The van der Waals surface area contributed by atoms with E-state index in [1.807, 2.05) is 34.6 Å². The summed E-state index contributed by atoms with van der Waals surface area (Å²) in [5.74, 6) is -0.0130. The molecular weight excluding hydrogens is 278 g/mol. The third-order valence-corrected chi connectivity index (χ3v) is 2.95. The molecule has 20 heavy (non-hydrogen) atoms. The number of carbonyl (C=O) groups excluding carboxylic acids is 2. The minimum atomic E-state index is -0.420. The fraction of sp³-hybridized carbons (Fsp3) is 0.857. The van der Waals surface area contributed by atoms with Crippen molar-refractivity contribution in [1.82, 2.24) is 10.2 Å². The Morgan fingerprint density at radius 1 is 1.15 bits per heavy atom. The fourth-order valence-corrected chi connectivity index (χ4v) is 1.53. The number of rotatable bonds is 6. The van der Waals surface area contributed by atoms with E-state index in [2.05, 4.69) is 5.32 Å². The molecule has 5 nitrogen and oxygen atoms in total. The second kappa shape index (κ2) is 8.47. The first kappa shape index (κ1) is 21.5. The summed E-state index contributed by atoms with van der Waals surface area (Å²) in [6.07, 6.45) is 0.318. The van der Waals surface area contributed by atoms with Gasteiger partial charge in [-0.2, -0.15) is 0 Å². The molecule has 0 aliphatic carbocycles. The Labute approximate surface area is 129 Å². The van der Waals surface area contributed by atoms with Crippen LogP contribution in [0.4, 0.5) is 0 Å². The maximum atomic E-state index is 11.9. The van der Waals surface area contributed by atoms with E-state index in [4.69, 9.17) is 5.73 Å². The minimum Gasteiger partial charge on any atom is -0.355 e. The van der Waals surface area contributed by atoms with Gasteiger partial charge in [0.25, 0.3) is 0 Å². The van der Waals surface area contributed by atoms with Crippen molar-refractivity contribution in [2.75, 3.05) is 26.7 Å². The van der Waals surface area contributed by atoms with Gasteiger partial charge in [-0.05, 0) is 12.0 Å². The molecule has 0 aliphatic heterocycles. The number of halogens is 1. The maximum Gasteiger partial charge on any atom is 0.225 e. The molecular formula is C14H30ClN3O2. The Hall–Kier alpha value is -0.810. The number of nitrogens with one attached hydrogen (secondary N) is 1. The highest BCUT2D eigenvalue weighted by Crippen LogP contribution is 2.14. The van der Waals surface area contributed by atoms with Crippen molar-refractivity contribution in [3.8, 4) is 0 Å². The van der Waals surface area contributed by atoms with Gasteiger partial charge in [-0.25, -0.2) is 0 Å². The highest BCUT2D eigenvalue weighted by molar-refractivity contribution is 5.85. The topological polar surface area (TPSA) is 75.4 Å². The summed E-state index contributed by atoms with van der Waals surface area (Å²) < 4.78 is 0. The first-order valence-corrected chi connectivity index (χ1v) is 6.72. The molecule has 0 spiro atoms. The average molecular weight is 308 g/mol. The summed E-state index contributed by atoms with van der Waals surface area (Å²) >= 11 is 0. The van der Waals surface area contributed by atoms with Gasteiger partial charge >= 0.3 is 0 Å². The number of carbonyl (C=O) groups is 2. The number of hydrogen-bond donors (Lipinski definition) is 2. The zero-order valence-corrected chi connectivity index (χ0v) is 14.4. The normalized spacial score (nSPS) is 11.6. The van der Waals surface area contributed by atoms with Gasteiger partial charge in [-0.3, -0.25) is 9.59 Å². The van der Waals surface area contributed by atoms with Crippen LogP contribution in [0.2, 0.25) is 0 Å². The van der Waals surface area contributed by atoms with Gasteiger partial charge in [0.05, 0.1) is 0 Å². The standard InChI is InChI=1S/C14H29N3O2.ClH/c1-13(2,3)12(19)16-8-7-11(18)17(6)10-14(4,5)9-15;/h7-10,15H2,1-6H3,(H,16,19);1H. The van der Waals surface area contributed by atoms with E-state index in [0.29, 0.717) is 26.1 Å². The van der Waals surface area contributed by atoms with Crippen LogP contribution in [0.25, 0.3) is 0 Å². The zero-order chi connectivity index (χ0) is 15.3. The van der Waals surface area contributed by atoms with Gasteiger partial charge < -0.3 is 16.0 Å². The second-order valence-electron chi connectivity index (χ2n) is 6.87. The Kier molecular flexibility index (Phi) is 9.10. The summed E-state index contributed by atoms with van der Waals surface area (Å²) in [4.78, 5) is 25.2. The van der Waals surface area contributed by atoms with Crippen molar-refractivity contribution in [3.05, 3.63) is 0 Å². The first-order valence-electron chi connectivity index (χ1n) is 6.72. The van der Waals surface area contributed by atoms with Crippen molar-refractivity contribution in [3.63, 3.8) is 0 Å². The third kappa shape index (κ3) is 8.38. The molecule has 2 amide bonds. The van der Waals surface area contributed by atoms with Crippen LogP contribution in [0.1, 0.15) is 41.0 Å². The summed E-state index contributed by atoms with van der Waals surface area (Å²) in [5, 5.41) is 2.77. The number of amides is 2. The van der Waals surface area contributed by atoms with Crippen LogP contribution >= 0.6 is 12.4 Å². The lowest BCUT2D eigenvalue weighted by atomic mass is 9.93. The average Bonchev–Trinajstić information content (AvgIpc) is 2.26. The molecule has 120 valence electrons. The van der Waals surface area contributed by atoms with E-state index in [0.717, 1.165) is 0 Å². The molecule has 0 aliphatic rings. The molecule has 0 unspecified atom stereocenters. The first-order chi connectivity index (χ1) is 8.49.